The average Bonchev–Trinajstić information content (AvgIpc) is 2.86. The number of carbonyl (C=O) groups excluding carboxylic acids is 4. The van der Waals surface area contributed by atoms with Gasteiger partial charge in [-0.3, -0.25) is 0 Å². The van der Waals surface area contributed by atoms with Crippen molar-refractivity contribution in [2.24, 2.45) is 11.8 Å². The van der Waals surface area contributed by atoms with Crippen molar-refractivity contribution < 1.29 is 38.1 Å². The predicted molar refractivity (Wildman–Crippen MR) is 135 cm³/mol. The lowest BCUT2D eigenvalue weighted by molar-refractivity contribution is 0.0452. The van der Waals surface area contributed by atoms with Gasteiger partial charge in [0.15, 0.2) is 0 Å². The molecule has 0 unspecified atom stereocenters. The Morgan fingerprint density at radius 1 is 0.556 bits per heavy atom. The van der Waals surface area contributed by atoms with Crippen LogP contribution in [0.5, 0.6) is 0 Å². The summed E-state index contributed by atoms with van der Waals surface area (Å²) in [7, 11) is 0. The zero-order chi connectivity index (χ0) is 27.1. The Labute approximate surface area is 212 Å². The summed E-state index contributed by atoms with van der Waals surface area (Å²) in [5.74, 6) is -1.16. The summed E-state index contributed by atoms with van der Waals surface area (Å²) in [5.41, 5.74) is 1.44. The Hall–Kier alpha value is -3.68. The molecule has 0 aliphatic carbocycles. The zero-order valence-corrected chi connectivity index (χ0v) is 21.9. The Kier molecular flexibility index (Phi) is 13.6. The highest BCUT2D eigenvalue weighted by Gasteiger charge is 2.14. The summed E-state index contributed by atoms with van der Waals surface area (Å²) in [5, 5.41) is 0. The van der Waals surface area contributed by atoms with Crippen LogP contribution in [0.25, 0.3) is 0 Å². The van der Waals surface area contributed by atoms with Gasteiger partial charge in [0.1, 0.15) is 0 Å². The highest BCUT2D eigenvalue weighted by Crippen LogP contribution is 2.10. The maximum atomic E-state index is 11.8. The maximum Gasteiger partial charge on any atom is 0.338 e. The summed E-state index contributed by atoms with van der Waals surface area (Å²) in [6.45, 7) is 12.7. The van der Waals surface area contributed by atoms with E-state index in [0.29, 0.717) is 48.7 Å². The molecule has 0 aliphatic heterocycles. The van der Waals surface area contributed by atoms with Gasteiger partial charge in [0.05, 0.1) is 48.7 Å². The molecule has 0 bridgehead atoms. The number of carbonyl (C=O) groups is 4. The first kappa shape index (κ1) is 30.4. The first-order valence-corrected chi connectivity index (χ1v) is 12.0. The Morgan fingerprint density at radius 3 is 1.08 bits per heavy atom. The first-order valence-electron chi connectivity index (χ1n) is 12.0. The number of hydrogen-bond donors (Lipinski definition) is 0. The van der Waals surface area contributed by atoms with Crippen LogP contribution in [0.3, 0.4) is 0 Å². The third-order valence-electron chi connectivity index (χ3n) is 4.31. The van der Waals surface area contributed by atoms with Gasteiger partial charge >= 0.3 is 23.9 Å². The molecule has 0 N–H and O–H groups in total. The van der Waals surface area contributed by atoms with Crippen molar-refractivity contribution in [2.45, 2.75) is 41.5 Å². The van der Waals surface area contributed by atoms with E-state index in [2.05, 4.69) is 0 Å². The highest BCUT2D eigenvalue weighted by molar-refractivity contribution is 5.96. The molecular formula is C28H36O8. The molecule has 0 radical (unpaired) electrons. The smallest absolute Gasteiger partial charge is 0.338 e. The number of rotatable bonds is 10. The van der Waals surface area contributed by atoms with Gasteiger partial charge in [0.25, 0.3) is 0 Å². The summed E-state index contributed by atoms with van der Waals surface area (Å²) in [6, 6.07) is 12.7. The predicted octanol–water partition coefficient (Wildman–Crippen LogP) is 5.35. The van der Waals surface area contributed by atoms with Gasteiger partial charge in [-0.2, -0.15) is 0 Å². The largest absolute Gasteiger partial charge is 0.462 e. The number of esters is 4. The summed E-state index contributed by atoms with van der Waals surface area (Å²) in [6.07, 6.45) is 0. The molecule has 0 fully saturated rings. The molecule has 196 valence electrons. The van der Waals surface area contributed by atoms with Crippen molar-refractivity contribution in [2.75, 3.05) is 26.4 Å². The van der Waals surface area contributed by atoms with E-state index in [1.54, 1.807) is 50.2 Å². The lowest BCUT2D eigenvalue weighted by atomic mass is 10.1. The molecule has 0 amide bonds. The molecule has 0 aromatic heterocycles. The maximum absolute atomic E-state index is 11.8. The third-order valence-corrected chi connectivity index (χ3v) is 4.31. The molecule has 2 aromatic carbocycles. The van der Waals surface area contributed by atoms with Crippen LogP contribution in [0.1, 0.15) is 83.0 Å². The molecule has 0 saturated heterocycles. The van der Waals surface area contributed by atoms with Crippen LogP contribution in [0.2, 0.25) is 0 Å². The summed E-state index contributed by atoms with van der Waals surface area (Å²) in [4.78, 5) is 46.4. The first-order chi connectivity index (χ1) is 17.1. The van der Waals surface area contributed by atoms with Crippen LogP contribution in [-0.4, -0.2) is 50.3 Å². The second-order valence-corrected chi connectivity index (χ2v) is 8.59. The van der Waals surface area contributed by atoms with Crippen molar-refractivity contribution >= 4 is 23.9 Å². The molecule has 0 heterocycles. The average molecular weight is 501 g/mol. The molecule has 8 nitrogen and oxygen atoms in total. The third kappa shape index (κ3) is 11.2. The van der Waals surface area contributed by atoms with Gasteiger partial charge in [-0.1, -0.05) is 39.8 Å². The summed E-state index contributed by atoms with van der Waals surface area (Å²) >= 11 is 0. The molecule has 2 rings (SSSR count). The highest BCUT2D eigenvalue weighted by atomic mass is 16.5. The van der Waals surface area contributed by atoms with Gasteiger partial charge in [0.2, 0.25) is 0 Å². The monoisotopic (exact) mass is 500 g/mol. The van der Waals surface area contributed by atoms with Gasteiger partial charge in [-0.15, -0.1) is 0 Å². The van der Waals surface area contributed by atoms with Crippen molar-refractivity contribution in [3.8, 4) is 0 Å². The number of ether oxygens (including phenoxy) is 4. The van der Waals surface area contributed by atoms with E-state index in [9.17, 15) is 19.2 Å². The fraction of sp³-hybridized carbons (Fsp3) is 0.429. The molecule has 2 aromatic rings. The van der Waals surface area contributed by atoms with Crippen LogP contribution in [-0.2, 0) is 18.9 Å². The second-order valence-electron chi connectivity index (χ2n) is 8.59. The SMILES string of the molecule is CC(C)COC(=O)c1cccc(C(=O)OCC(C)C)c1.CCOC(=O)c1cccc(C(=O)OCC)c1. The minimum Gasteiger partial charge on any atom is -0.462 e. The Morgan fingerprint density at radius 2 is 0.833 bits per heavy atom. The normalized spacial score (nSPS) is 10.2. The van der Waals surface area contributed by atoms with Crippen LogP contribution < -0.4 is 0 Å². The van der Waals surface area contributed by atoms with Crippen LogP contribution in [0, 0.1) is 11.8 Å². The Bertz CT molecular complexity index is 938. The van der Waals surface area contributed by atoms with E-state index in [1.807, 2.05) is 27.7 Å². The second kappa shape index (κ2) is 16.1. The van der Waals surface area contributed by atoms with E-state index < -0.39 is 23.9 Å². The van der Waals surface area contributed by atoms with Crippen molar-refractivity contribution in [1.82, 2.24) is 0 Å². The lowest BCUT2D eigenvalue weighted by Crippen LogP contribution is -2.13. The topological polar surface area (TPSA) is 105 Å². The van der Waals surface area contributed by atoms with Crippen LogP contribution in [0.15, 0.2) is 48.5 Å². The molecule has 0 spiro atoms. The zero-order valence-electron chi connectivity index (χ0n) is 21.9. The van der Waals surface area contributed by atoms with Crippen molar-refractivity contribution in [3.63, 3.8) is 0 Å². The van der Waals surface area contributed by atoms with E-state index in [4.69, 9.17) is 18.9 Å². The quantitative estimate of drug-likeness (QED) is 0.317. The molecule has 0 aliphatic rings. The van der Waals surface area contributed by atoms with Gasteiger partial charge < -0.3 is 18.9 Å². The van der Waals surface area contributed by atoms with Crippen molar-refractivity contribution in [3.05, 3.63) is 70.8 Å². The van der Waals surface area contributed by atoms with Gasteiger partial charge in [-0.25, -0.2) is 19.2 Å². The standard InChI is InChI=1S/C16H22O4.C12H14O4/c1-11(2)9-19-15(17)13-6-5-7-14(8-13)16(18)20-10-12(3)4;1-3-15-11(13)9-6-5-7-10(8-9)12(14)16-4-2/h5-8,11-12H,9-10H2,1-4H3;5-8H,3-4H2,1-2H3. The molecule has 0 atom stereocenters. The van der Waals surface area contributed by atoms with Crippen molar-refractivity contribution in [1.29, 1.82) is 0 Å². The van der Waals surface area contributed by atoms with Crippen LogP contribution in [0.4, 0.5) is 0 Å². The van der Waals surface area contributed by atoms with E-state index in [1.165, 1.54) is 12.1 Å². The van der Waals surface area contributed by atoms with Gasteiger partial charge in [0, 0.05) is 0 Å². The Balaban J connectivity index is 0.000000369. The molecule has 8 heteroatoms. The molecular weight excluding hydrogens is 464 g/mol. The fourth-order valence-corrected chi connectivity index (χ4v) is 2.63. The van der Waals surface area contributed by atoms with E-state index in [-0.39, 0.29) is 11.8 Å². The van der Waals surface area contributed by atoms with E-state index >= 15 is 0 Å². The minimum absolute atomic E-state index is 0.276. The molecule has 0 saturated carbocycles. The molecule has 36 heavy (non-hydrogen) atoms. The number of hydrogen-bond acceptors (Lipinski definition) is 8. The lowest BCUT2D eigenvalue weighted by Gasteiger charge is -2.09. The van der Waals surface area contributed by atoms with Crippen LogP contribution >= 0.6 is 0 Å². The fourth-order valence-electron chi connectivity index (χ4n) is 2.63. The van der Waals surface area contributed by atoms with Gasteiger partial charge in [-0.05, 0) is 62.1 Å². The minimum atomic E-state index is -0.436. The number of benzene rings is 2. The summed E-state index contributed by atoms with van der Waals surface area (Å²) < 4.78 is 19.9. The van der Waals surface area contributed by atoms with E-state index in [0.717, 1.165) is 0 Å².